The van der Waals surface area contributed by atoms with Crippen LogP contribution < -0.4 is 5.32 Å². The highest BCUT2D eigenvalue weighted by atomic mass is 16.5. The van der Waals surface area contributed by atoms with Gasteiger partial charge >= 0.3 is 0 Å². The van der Waals surface area contributed by atoms with Crippen LogP contribution in [0.1, 0.15) is 32.6 Å². The first-order valence-electron chi connectivity index (χ1n) is 5.21. The minimum atomic E-state index is 0.100. The summed E-state index contributed by atoms with van der Waals surface area (Å²) in [6, 6.07) is 0. The van der Waals surface area contributed by atoms with Crippen LogP contribution in [0.5, 0.6) is 0 Å². The fraction of sp³-hybridized carbons (Fsp3) is 0.727. The van der Waals surface area contributed by atoms with E-state index < -0.39 is 0 Å². The molecule has 0 radical (unpaired) electrons. The zero-order chi connectivity index (χ0) is 10.4. The summed E-state index contributed by atoms with van der Waals surface area (Å²) in [6.45, 7) is 7.08. The molecule has 1 atom stereocenters. The largest absolute Gasteiger partial charge is 0.378 e. The van der Waals surface area contributed by atoms with E-state index in [1.165, 1.54) is 0 Å². The molecule has 1 unspecified atom stereocenters. The van der Waals surface area contributed by atoms with Gasteiger partial charge in [-0.3, -0.25) is 4.79 Å². The molecule has 0 aromatic rings. The van der Waals surface area contributed by atoms with Crippen LogP contribution in [0.2, 0.25) is 0 Å². The lowest BCUT2D eigenvalue weighted by Gasteiger charge is -2.09. The van der Waals surface area contributed by atoms with Crippen LogP contribution in [0.3, 0.4) is 0 Å². The van der Waals surface area contributed by atoms with E-state index in [-0.39, 0.29) is 5.91 Å². The summed E-state index contributed by atoms with van der Waals surface area (Å²) < 4.78 is 5.43. The quantitative estimate of drug-likeness (QED) is 0.680. The van der Waals surface area contributed by atoms with Crippen LogP contribution in [0.15, 0.2) is 12.2 Å². The van der Waals surface area contributed by atoms with Crippen LogP contribution >= 0.6 is 0 Å². The Morgan fingerprint density at radius 3 is 3.00 bits per heavy atom. The maximum atomic E-state index is 11.3. The molecule has 1 N–H and O–H groups in total. The number of amides is 1. The van der Waals surface area contributed by atoms with Crippen molar-refractivity contribution in [3.8, 4) is 0 Å². The molecule has 0 spiro atoms. The van der Waals surface area contributed by atoms with E-state index in [1.54, 1.807) is 0 Å². The molecule has 14 heavy (non-hydrogen) atoms. The second-order valence-corrected chi connectivity index (χ2v) is 3.91. The summed E-state index contributed by atoms with van der Waals surface area (Å²) >= 11 is 0. The average molecular weight is 197 g/mol. The van der Waals surface area contributed by atoms with Gasteiger partial charge in [0.15, 0.2) is 0 Å². The first kappa shape index (κ1) is 11.2. The molecule has 1 rings (SSSR count). The first-order chi connectivity index (χ1) is 6.68. The third-order valence-corrected chi connectivity index (χ3v) is 2.30. The van der Waals surface area contributed by atoms with Gasteiger partial charge in [-0.2, -0.15) is 0 Å². The first-order valence-corrected chi connectivity index (χ1v) is 5.21. The molecule has 0 aromatic heterocycles. The monoisotopic (exact) mass is 197 g/mol. The highest BCUT2D eigenvalue weighted by Gasteiger charge is 2.16. The Morgan fingerprint density at radius 2 is 2.43 bits per heavy atom. The van der Waals surface area contributed by atoms with E-state index >= 15 is 0 Å². The lowest BCUT2D eigenvalue weighted by molar-refractivity contribution is -0.121. The molecule has 0 saturated carbocycles. The maximum Gasteiger partial charge on any atom is 0.220 e. The molecule has 0 aromatic carbocycles. The Morgan fingerprint density at radius 1 is 1.64 bits per heavy atom. The SMILES string of the molecule is C=C(C)CNC(=O)CCC1CCCO1. The molecule has 80 valence electrons. The molecule has 1 heterocycles. The van der Waals surface area contributed by atoms with E-state index in [9.17, 15) is 4.79 Å². The summed E-state index contributed by atoms with van der Waals surface area (Å²) in [5, 5.41) is 2.81. The van der Waals surface area contributed by atoms with Gasteiger partial charge in [0.25, 0.3) is 0 Å². The standard InChI is InChI=1S/C11H19NO2/c1-9(2)8-12-11(13)6-5-10-4-3-7-14-10/h10H,1,3-8H2,2H3,(H,12,13). The highest BCUT2D eigenvalue weighted by molar-refractivity contribution is 5.76. The third-order valence-electron chi connectivity index (χ3n) is 2.30. The van der Waals surface area contributed by atoms with Crippen molar-refractivity contribution in [3.63, 3.8) is 0 Å². The molecule has 1 aliphatic heterocycles. The fourth-order valence-corrected chi connectivity index (χ4v) is 1.50. The van der Waals surface area contributed by atoms with Crippen LogP contribution in [0, 0.1) is 0 Å². The molecule has 0 bridgehead atoms. The molecule has 3 heteroatoms. The molecular formula is C11H19NO2. The van der Waals surface area contributed by atoms with Crippen molar-refractivity contribution in [2.24, 2.45) is 0 Å². The van der Waals surface area contributed by atoms with Crippen molar-refractivity contribution in [2.45, 2.75) is 38.7 Å². The minimum Gasteiger partial charge on any atom is -0.378 e. The molecule has 3 nitrogen and oxygen atoms in total. The number of carbonyl (C=O) groups is 1. The number of nitrogens with one attached hydrogen (secondary N) is 1. The zero-order valence-electron chi connectivity index (χ0n) is 8.84. The fourth-order valence-electron chi connectivity index (χ4n) is 1.50. The van der Waals surface area contributed by atoms with Gasteiger partial charge in [-0.1, -0.05) is 12.2 Å². The van der Waals surface area contributed by atoms with Crippen molar-refractivity contribution in [1.82, 2.24) is 5.32 Å². The van der Waals surface area contributed by atoms with Gasteiger partial charge < -0.3 is 10.1 Å². The van der Waals surface area contributed by atoms with E-state index in [0.717, 1.165) is 31.4 Å². The Hall–Kier alpha value is -0.830. The van der Waals surface area contributed by atoms with Gasteiger partial charge in [0.1, 0.15) is 0 Å². The normalized spacial score (nSPS) is 20.8. The smallest absolute Gasteiger partial charge is 0.220 e. The van der Waals surface area contributed by atoms with Gasteiger partial charge in [0.2, 0.25) is 5.91 Å². The van der Waals surface area contributed by atoms with Crippen molar-refractivity contribution < 1.29 is 9.53 Å². The molecule has 1 saturated heterocycles. The van der Waals surface area contributed by atoms with E-state index in [2.05, 4.69) is 11.9 Å². The Labute approximate surface area is 85.5 Å². The summed E-state index contributed by atoms with van der Waals surface area (Å²) in [7, 11) is 0. The van der Waals surface area contributed by atoms with Crippen LogP contribution in [0.4, 0.5) is 0 Å². The number of hydrogen-bond donors (Lipinski definition) is 1. The number of ether oxygens (including phenoxy) is 1. The van der Waals surface area contributed by atoms with Crippen molar-refractivity contribution >= 4 is 5.91 Å². The molecule has 0 aliphatic carbocycles. The Kier molecular flexibility index (Phi) is 4.66. The van der Waals surface area contributed by atoms with Crippen LogP contribution in [-0.2, 0) is 9.53 Å². The summed E-state index contributed by atoms with van der Waals surface area (Å²) in [4.78, 5) is 11.3. The molecule has 1 fully saturated rings. The summed E-state index contributed by atoms with van der Waals surface area (Å²) in [5.74, 6) is 0.100. The second kappa shape index (κ2) is 5.81. The van der Waals surface area contributed by atoms with E-state index in [4.69, 9.17) is 4.74 Å². The lowest BCUT2D eigenvalue weighted by Crippen LogP contribution is -2.25. The predicted octanol–water partition coefficient (Wildman–Crippen LogP) is 1.64. The minimum absolute atomic E-state index is 0.100. The van der Waals surface area contributed by atoms with Crippen LogP contribution in [0.25, 0.3) is 0 Å². The maximum absolute atomic E-state index is 11.3. The number of rotatable bonds is 5. The Bertz CT molecular complexity index is 207. The van der Waals surface area contributed by atoms with Gasteiger partial charge in [-0.05, 0) is 26.2 Å². The third kappa shape index (κ3) is 4.42. The average Bonchev–Trinajstić information content (AvgIpc) is 2.63. The van der Waals surface area contributed by atoms with Gasteiger partial charge in [0, 0.05) is 19.6 Å². The second-order valence-electron chi connectivity index (χ2n) is 3.91. The van der Waals surface area contributed by atoms with Crippen molar-refractivity contribution in [2.75, 3.05) is 13.2 Å². The van der Waals surface area contributed by atoms with Gasteiger partial charge in [-0.25, -0.2) is 0 Å². The lowest BCUT2D eigenvalue weighted by atomic mass is 10.1. The topological polar surface area (TPSA) is 38.3 Å². The van der Waals surface area contributed by atoms with E-state index in [0.29, 0.717) is 19.1 Å². The number of carbonyl (C=O) groups excluding carboxylic acids is 1. The van der Waals surface area contributed by atoms with Crippen molar-refractivity contribution in [1.29, 1.82) is 0 Å². The van der Waals surface area contributed by atoms with Crippen LogP contribution in [-0.4, -0.2) is 25.2 Å². The van der Waals surface area contributed by atoms with Gasteiger partial charge in [0.05, 0.1) is 6.10 Å². The van der Waals surface area contributed by atoms with Gasteiger partial charge in [-0.15, -0.1) is 0 Å². The predicted molar refractivity (Wildman–Crippen MR) is 56.0 cm³/mol. The Balaban J connectivity index is 2.05. The summed E-state index contributed by atoms with van der Waals surface area (Å²) in [5.41, 5.74) is 0.982. The number of hydrogen-bond acceptors (Lipinski definition) is 2. The van der Waals surface area contributed by atoms with E-state index in [1.807, 2.05) is 6.92 Å². The van der Waals surface area contributed by atoms with Crippen molar-refractivity contribution in [3.05, 3.63) is 12.2 Å². The molecular weight excluding hydrogens is 178 g/mol. The summed E-state index contributed by atoms with van der Waals surface area (Å²) in [6.07, 6.45) is 3.97. The zero-order valence-corrected chi connectivity index (χ0v) is 8.84. The highest BCUT2D eigenvalue weighted by Crippen LogP contribution is 2.16. The molecule has 1 amide bonds. The molecule has 1 aliphatic rings.